The van der Waals surface area contributed by atoms with Crippen molar-refractivity contribution in [2.75, 3.05) is 18.5 Å². The number of carbonyl (C=O) groups is 1. The monoisotopic (exact) mass is 374 g/mol. The summed E-state index contributed by atoms with van der Waals surface area (Å²) < 4.78 is 10.8. The standard InChI is InChI=1S/C18H31BrO3/c1-3-5-6-7-9-12-15-21-17(4-2)18(20)22-16-13-10-8-11-14-19/h17H,3-6,8,10-16H2,1-2H3. The third-order valence-electron chi connectivity index (χ3n) is 3.23. The van der Waals surface area contributed by atoms with E-state index >= 15 is 0 Å². The van der Waals surface area contributed by atoms with E-state index in [9.17, 15) is 4.79 Å². The molecule has 1 atom stereocenters. The van der Waals surface area contributed by atoms with E-state index in [-0.39, 0.29) is 5.97 Å². The summed E-state index contributed by atoms with van der Waals surface area (Å²) in [7, 11) is 0. The van der Waals surface area contributed by atoms with Crippen LogP contribution in [0.15, 0.2) is 0 Å². The zero-order chi connectivity index (χ0) is 16.5. The van der Waals surface area contributed by atoms with Crippen LogP contribution < -0.4 is 0 Å². The molecule has 4 heteroatoms. The first-order valence-corrected chi connectivity index (χ1v) is 9.68. The summed E-state index contributed by atoms with van der Waals surface area (Å²) in [6.07, 6.45) is 8.53. The van der Waals surface area contributed by atoms with Crippen molar-refractivity contribution >= 4 is 21.9 Å². The molecule has 0 aliphatic carbocycles. The maximum atomic E-state index is 11.9. The second-order valence-corrected chi connectivity index (χ2v) is 6.04. The molecule has 0 aliphatic rings. The van der Waals surface area contributed by atoms with E-state index in [0.29, 0.717) is 26.1 Å². The Labute approximate surface area is 144 Å². The molecule has 0 saturated carbocycles. The maximum Gasteiger partial charge on any atom is 0.335 e. The molecular formula is C18H31BrO3. The molecule has 128 valence electrons. The fourth-order valence-corrected chi connectivity index (χ4v) is 2.26. The summed E-state index contributed by atoms with van der Waals surface area (Å²) in [5.41, 5.74) is 0. The summed E-state index contributed by atoms with van der Waals surface area (Å²) in [5, 5.41) is 1.04. The second kappa shape index (κ2) is 16.8. The van der Waals surface area contributed by atoms with Crippen LogP contribution in [0.25, 0.3) is 0 Å². The van der Waals surface area contributed by atoms with Crippen molar-refractivity contribution in [1.29, 1.82) is 0 Å². The van der Waals surface area contributed by atoms with Gasteiger partial charge in [-0.15, -0.1) is 11.8 Å². The lowest BCUT2D eigenvalue weighted by Gasteiger charge is -2.14. The zero-order valence-corrected chi connectivity index (χ0v) is 15.8. The molecule has 3 nitrogen and oxygen atoms in total. The van der Waals surface area contributed by atoms with Crippen LogP contribution in [-0.4, -0.2) is 30.6 Å². The molecule has 0 aliphatic heterocycles. The highest BCUT2D eigenvalue weighted by Crippen LogP contribution is 2.05. The van der Waals surface area contributed by atoms with Gasteiger partial charge in [-0.2, -0.15) is 0 Å². The van der Waals surface area contributed by atoms with Gasteiger partial charge in [-0.1, -0.05) is 49.0 Å². The molecule has 0 fully saturated rings. The fraction of sp³-hybridized carbons (Fsp3) is 0.833. The molecule has 22 heavy (non-hydrogen) atoms. The van der Waals surface area contributed by atoms with Crippen molar-refractivity contribution in [3.05, 3.63) is 0 Å². The van der Waals surface area contributed by atoms with Crippen LogP contribution in [-0.2, 0) is 14.3 Å². The lowest BCUT2D eigenvalue weighted by atomic mass is 10.2. The Morgan fingerprint density at radius 1 is 1.00 bits per heavy atom. The number of halogens is 1. The minimum Gasteiger partial charge on any atom is -0.464 e. The lowest BCUT2D eigenvalue weighted by molar-refractivity contribution is -0.157. The van der Waals surface area contributed by atoms with E-state index in [0.717, 1.165) is 31.0 Å². The first kappa shape index (κ1) is 21.5. The van der Waals surface area contributed by atoms with Gasteiger partial charge in [0.2, 0.25) is 0 Å². The molecule has 1 unspecified atom stereocenters. The van der Waals surface area contributed by atoms with Gasteiger partial charge in [0.1, 0.15) is 0 Å². The van der Waals surface area contributed by atoms with Gasteiger partial charge in [0.05, 0.1) is 13.2 Å². The Hall–Kier alpha value is -0.530. The number of carbonyl (C=O) groups excluding carboxylic acids is 1. The van der Waals surface area contributed by atoms with Crippen molar-refractivity contribution in [3.8, 4) is 11.8 Å². The molecule has 0 amide bonds. The van der Waals surface area contributed by atoms with Crippen LogP contribution in [0.5, 0.6) is 0 Å². The third-order valence-corrected chi connectivity index (χ3v) is 3.79. The highest BCUT2D eigenvalue weighted by atomic mass is 79.9. The van der Waals surface area contributed by atoms with E-state index in [2.05, 4.69) is 34.7 Å². The number of hydrogen-bond acceptors (Lipinski definition) is 3. The molecule has 0 aromatic carbocycles. The van der Waals surface area contributed by atoms with Gasteiger partial charge < -0.3 is 9.47 Å². The van der Waals surface area contributed by atoms with Gasteiger partial charge in [-0.3, -0.25) is 0 Å². The summed E-state index contributed by atoms with van der Waals surface area (Å²) in [4.78, 5) is 11.9. The molecule has 0 N–H and O–H groups in total. The molecule has 0 aromatic heterocycles. The van der Waals surface area contributed by atoms with Crippen LogP contribution in [0, 0.1) is 11.8 Å². The van der Waals surface area contributed by atoms with E-state index in [1.807, 2.05) is 6.92 Å². The molecule has 0 bridgehead atoms. The zero-order valence-electron chi connectivity index (χ0n) is 14.2. The number of hydrogen-bond donors (Lipinski definition) is 0. The van der Waals surface area contributed by atoms with Crippen LogP contribution in [0.1, 0.15) is 71.6 Å². The van der Waals surface area contributed by atoms with Crippen molar-refractivity contribution in [1.82, 2.24) is 0 Å². The predicted molar refractivity (Wildman–Crippen MR) is 95.2 cm³/mol. The Bertz CT molecular complexity index is 320. The first-order chi connectivity index (χ1) is 10.8. The number of rotatable bonds is 13. The molecular weight excluding hydrogens is 344 g/mol. The summed E-state index contributed by atoms with van der Waals surface area (Å²) >= 11 is 3.41. The Balaban J connectivity index is 3.69. The second-order valence-electron chi connectivity index (χ2n) is 5.25. The number of ether oxygens (including phenoxy) is 2. The highest BCUT2D eigenvalue weighted by molar-refractivity contribution is 9.09. The van der Waals surface area contributed by atoms with Crippen LogP contribution in [0.4, 0.5) is 0 Å². The molecule has 0 spiro atoms. The van der Waals surface area contributed by atoms with Gasteiger partial charge in [0, 0.05) is 18.2 Å². The summed E-state index contributed by atoms with van der Waals surface area (Å²) in [6, 6.07) is 0. The van der Waals surface area contributed by atoms with Crippen molar-refractivity contribution in [2.24, 2.45) is 0 Å². The normalized spacial score (nSPS) is 11.6. The van der Waals surface area contributed by atoms with Crippen molar-refractivity contribution in [2.45, 2.75) is 77.7 Å². The van der Waals surface area contributed by atoms with Crippen LogP contribution in [0.2, 0.25) is 0 Å². The maximum absolute atomic E-state index is 11.9. The number of alkyl halides is 1. The number of esters is 1. The van der Waals surface area contributed by atoms with Gasteiger partial charge >= 0.3 is 5.97 Å². The minimum atomic E-state index is -0.444. The minimum absolute atomic E-state index is 0.234. The van der Waals surface area contributed by atoms with Crippen LogP contribution in [0.3, 0.4) is 0 Å². The quantitative estimate of drug-likeness (QED) is 0.200. The Morgan fingerprint density at radius 3 is 2.41 bits per heavy atom. The van der Waals surface area contributed by atoms with E-state index in [1.165, 1.54) is 19.3 Å². The highest BCUT2D eigenvalue weighted by Gasteiger charge is 2.17. The van der Waals surface area contributed by atoms with Gasteiger partial charge in [0.25, 0.3) is 0 Å². The van der Waals surface area contributed by atoms with Crippen molar-refractivity contribution < 1.29 is 14.3 Å². The van der Waals surface area contributed by atoms with E-state index in [1.54, 1.807) is 0 Å². The topological polar surface area (TPSA) is 35.5 Å². The average molecular weight is 375 g/mol. The first-order valence-electron chi connectivity index (χ1n) is 8.56. The molecule has 0 rings (SSSR count). The van der Waals surface area contributed by atoms with Gasteiger partial charge in [-0.05, 0) is 25.7 Å². The number of unbranched alkanes of at least 4 members (excludes halogenated alkanes) is 5. The fourth-order valence-electron chi connectivity index (χ4n) is 1.86. The Kier molecular flexibility index (Phi) is 16.4. The van der Waals surface area contributed by atoms with Gasteiger partial charge in [-0.25, -0.2) is 4.79 Å². The largest absolute Gasteiger partial charge is 0.464 e. The summed E-state index contributed by atoms with van der Waals surface area (Å²) in [6.45, 7) is 5.09. The van der Waals surface area contributed by atoms with Gasteiger partial charge in [0.15, 0.2) is 6.10 Å². The predicted octanol–water partition coefficient (Wildman–Crippen LogP) is 4.86. The summed E-state index contributed by atoms with van der Waals surface area (Å²) in [5.74, 6) is 5.96. The molecule has 0 saturated heterocycles. The Morgan fingerprint density at radius 2 is 1.73 bits per heavy atom. The van der Waals surface area contributed by atoms with E-state index in [4.69, 9.17) is 9.47 Å². The smallest absolute Gasteiger partial charge is 0.335 e. The SMILES string of the molecule is CCCCC#CCCOC(CC)C(=O)OCCCCCCBr. The lowest BCUT2D eigenvalue weighted by Crippen LogP contribution is -2.26. The average Bonchev–Trinajstić information content (AvgIpc) is 2.53. The van der Waals surface area contributed by atoms with Crippen molar-refractivity contribution in [3.63, 3.8) is 0 Å². The molecule has 0 radical (unpaired) electrons. The third kappa shape index (κ3) is 13.2. The molecule has 0 heterocycles. The van der Waals surface area contributed by atoms with E-state index < -0.39 is 6.10 Å². The molecule has 0 aromatic rings. The van der Waals surface area contributed by atoms with Crippen LogP contribution >= 0.6 is 15.9 Å².